The third-order valence-corrected chi connectivity index (χ3v) is 2.56. The summed E-state index contributed by atoms with van der Waals surface area (Å²) in [6, 6.07) is 14.2. The first-order chi connectivity index (χ1) is 8.79. The molecular weight excluding hydrogens is 231 g/mol. The summed E-state index contributed by atoms with van der Waals surface area (Å²) in [5.41, 5.74) is 1.58. The van der Waals surface area contributed by atoms with Crippen molar-refractivity contribution < 1.29 is 13.9 Å². The minimum absolute atomic E-state index is 0.225. The van der Waals surface area contributed by atoms with Crippen LogP contribution in [0.5, 0.6) is 5.75 Å². The first-order valence-corrected chi connectivity index (χ1v) is 5.73. The van der Waals surface area contributed by atoms with Gasteiger partial charge in [-0.2, -0.15) is 0 Å². The maximum Gasteiger partial charge on any atom is 0.129 e. The molecule has 0 unspecified atom stereocenters. The Morgan fingerprint density at radius 2 is 1.83 bits per heavy atom. The summed E-state index contributed by atoms with van der Waals surface area (Å²) in [4.78, 5) is 0. The highest BCUT2D eigenvalue weighted by Gasteiger charge is 2.02. The van der Waals surface area contributed by atoms with Crippen LogP contribution in [0.4, 0.5) is 4.39 Å². The van der Waals surface area contributed by atoms with Gasteiger partial charge in [-0.05, 0) is 23.8 Å². The number of benzene rings is 2. The molecule has 3 heteroatoms. The summed E-state index contributed by atoms with van der Waals surface area (Å²) < 4.78 is 24.0. The summed E-state index contributed by atoms with van der Waals surface area (Å²) >= 11 is 0. The van der Waals surface area contributed by atoms with Crippen molar-refractivity contribution in [3.63, 3.8) is 0 Å². The molecule has 0 atom stereocenters. The SMILES string of the molecule is COCc1cccc(OCc2ccccc2F)c1. The van der Waals surface area contributed by atoms with E-state index in [1.54, 1.807) is 25.3 Å². The zero-order valence-electron chi connectivity index (χ0n) is 10.2. The van der Waals surface area contributed by atoms with E-state index in [-0.39, 0.29) is 12.4 Å². The summed E-state index contributed by atoms with van der Waals surface area (Å²) in [6.45, 7) is 0.764. The highest BCUT2D eigenvalue weighted by molar-refractivity contribution is 5.28. The molecule has 2 nitrogen and oxygen atoms in total. The van der Waals surface area contributed by atoms with Crippen LogP contribution >= 0.6 is 0 Å². The number of ether oxygens (including phenoxy) is 2. The van der Waals surface area contributed by atoms with Crippen LogP contribution < -0.4 is 4.74 Å². The van der Waals surface area contributed by atoms with Crippen LogP contribution in [0.3, 0.4) is 0 Å². The van der Waals surface area contributed by atoms with Gasteiger partial charge in [0.2, 0.25) is 0 Å². The Hall–Kier alpha value is -1.87. The fourth-order valence-corrected chi connectivity index (χ4v) is 1.67. The molecule has 0 spiro atoms. The van der Waals surface area contributed by atoms with E-state index in [1.165, 1.54) is 6.07 Å². The first-order valence-electron chi connectivity index (χ1n) is 5.73. The van der Waals surface area contributed by atoms with Gasteiger partial charge in [-0.1, -0.05) is 30.3 Å². The fraction of sp³-hybridized carbons (Fsp3) is 0.200. The van der Waals surface area contributed by atoms with Gasteiger partial charge in [0.05, 0.1) is 6.61 Å². The monoisotopic (exact) mass is 246 g/mol. The van der Waals surface area contributed by atoms with E-state index in [0.29, 0.717) is 17.9 Å². The van der Waals surface area contributed by atoms with Gasteiger partial charge in [-0.15, -0.1) is 0 Å². The average Bonchev–Trinajstić information content (AvgIpc) is 2.39. The van der Waals surface area contributed by atoms with E-state index in [2.05, 4.69) is 0 Å². The third-order valence-electron chi connectivity index (χ3n) is 2.56. The molecule has 0 fully saturated rings. The Labute approximate surface area is 106 Å². The van der Waals surface area contributed by atoms with Crippen molar-refractivity contribution in [3.05, 3.63) is 65.5 Å². The summed E-state index contributed by atoms with van der Waals surface area (Å²) in [7, 11) is 1.65. The second-order valence-electron chi connectivity index (χ2n) is 3.96. The van der Waals surface area contributed by atoms with Gasteiger partial charge in [0.15, 0.2) is 0 Å². The van der Waals surface area contributed by atoms with E-state index in [1.807, 2.05) is 24.3 Å². The Kier molecular flexibility index (Phi) is 4.31. The molecule has 0 aliphatic heterocycles. The van der Waals surface area contributed by atoms with Crippen molar-refractivity contribution in [1.82, 2.24) is 0 Å². The molecule has 0 bridgehead atoms. The van der Waals surface area contributed by atoms with Gasteiger partial charge in [0.1, 0.15) is 18.2 Å². The molecule has 2 rings (SSSR count). The maximum absolute atomic E-state index is 13.4. The molecule has 0 saturated carbocycles. The predicted molar refractivity (Wildman–Crippen MR) is 67.9 cm³/mol. The summed E-state index contributed by atoms with van der Waals surface area (Å²) in [5, 5.41) is 0. The normalized spacial score (nSPS) is 10.3. The van der Waals surface area contributed by atoms with Crippen LogP contribution in [0.1, 0.15) is 11.1 Å². The van der Waals surface area contributed by atoms with Crippen molar-refractivity contribution in [2.24, 2.45) is 0 Å². The highest BCUT2D eigenvalue weighted by Crippen LogP contribution is 2.16. The van der Waals surface area contributed by atoms with Crippen molar-refractivity contribution in [3.8, 4) is 5.75 Å². The van der Waals surface area contributed by atoms with Gasteiger partial charge in [-0.3, -0.25) is 0 Å². The number of methoxy groups -OCH3 is 1. The minimum atomic E-state index is -0.245. The van der Waals surface area contributed by atoms with Crippen molar-refractivity contribution >= 4 is 0 Å². The number of hydrogen-bond acceptors (Lipinski definition) is 2. The van der Waals surface area contributed by atoms with Crippen LogP contribution in [-0.2, 0) is 18.0 Å². The van der Waals surface area contributed by atoms with Crippen LogP contribution in [0.15, 0.2) is 48.5 Å². The molecule has 18 heavy (non-hydrogen) atoms. The predicted octanol–water partition coefficient (Wildman–Crippen LogP) is 3.55. The van der Waals surface area contributed by atoms with Crippen LogP contribution in [0.2, 0.25) is 0 Å². The van der Waals surface area contributed by atoms with E-state index < -0.39 is 0 Å². The van der Waals surface area contributed by atoms with E-state index in [9.17, 15) is 4.39 Å². The standard InChI is InChI=1S/C15H15FO2/c1-17-10-12-5-4-7-14(9-12)18-11-13-6-2-3-8-15(13)16/h2-9H,10-11H2,1H3. The zero-order valence-corrected chi connectivity index (χ0v) is 10.2. The van der Waals surface area contributed by atoms with Gasteiger partial charge < -0.3 is 9.47 Å². The Bertz CT molecular complexity index is 511. The summed E-state index contributed by atoms with van der Waals surface area (Å²) in [5.74, 6) is 0.471. The molecule has 2 aromatic rings. The topological polar surface area (TPSA) is 18.5 Å². The second-order valence-corrected chi connectivity index (χ2v) is 3.96. The highest BCUT2D eigenvalue weighted by atomic mass is 19.1. The third kappa shape index (κ3) is 3.31. The Morgan fingerprint density at radius 3 is 2.61 bits per heavy atom. The fourth-order valence-electron chi connectivity index (χ4n) is 1.67. The average molecular weight is 246 g/mol. The minimum Gasteiger partial charge on any atom is -0.489 e. The lowest BCUT2D eigenvalue weighted by molar-refractivity contribution is 0.184. The quantitative estimate of drug-likeness (QED) is 0.803. The molecule has 0 aliphatic rings. The molecular formula is C15H15FO2. The Morgan fingerprint density at radius 1 is 1.00 bits per heavy atom. The van der Waals surface area contributed by atoms with Crippen molar-refractivity contribution in [2.45, 2.75) is 13.2 Å². The van der Waals surface area contributed by atoms with Crippen LogP contribution in [-0.4, -0.2) is 7.11 Å². The lowest BCUT2D eigenvalue weighted by atomic mass is 10.2. The molecule has 0 amide bonds. The lowest BCUT2D eigenvalue weighted by Gasteiger charge is -2.08. The lowest BCUT2D eigenvalue weighted by Crippen LogP contribution is -1.98. The molecule has 0 radical (unpaired) electrons. The Balaban J connectivity index is 2.02. The summed E-state index contributed by atoms with van der Waals surface area (Å²) in [6.07, 6.45) is 0. The number of halogens is 1. The van der Waals surface area contributed by atoms with Crippen molar-refractivity contribution in [2.75, 3.05) is 7.11 Å². The van der Waals surface area contributed by atoms with Gasteiger partial charge in [0, 0.05) is 12.7 Å². The van der Waals surface area contributed by atoms with Gasteiger partial charge >= 0.3 is 0 Å². The molecule has 94 valence electrons. The van der Waals surface area contributed by atoms with Gasteiger partial charge in [-0.25, -0.2) is 4.39 Å². The van der Waals surface area contributed by atoms with E-state index >= 15 is 0 Å². The van der Waals surface area contributed by atoms with E-state index in [0.717, 1.165) is 5.56 Å². The molecule has 0 heterocycles. The number of rotatable bonds is 5. The molecule has 0 N–H and O–H groups in total. The molecule has 0 saturated heterocycles. The maximum atomic E-state index is 13.4. The van der Waals surface area contributed by atoms with Crippen LogP contribution in [0.25, 0.3) is 0 Å². The van der Waals surface area contributed by atoms with Gasteiger partial charge in [0.25, 0.3) is 0 Å². The zero-order chi connectivity index (χ0) is 12.8. The first kappa shape index (κ1) is 12.6. The molecule has 0 aromatic heterocycles. The van der Waals surface area contributed by atoms with Crippen LogP contribution in [0, 0.1) is 5.82 Å². The number of hydrogen-bond donors (Lipinski definition) is 0. The second kappa shape index (κ2) is 6.17. The smallest absolute Gasteiger partial charge is 0.129 e. The molecule has 2 aromatic carbocycles. The largest absolute Gasteiger partial charge is 0.489 e. The van der Waals surface area contributed by atoms with E-state index in [4.69, 9.17) is 9.47 Å². The molecule has 0 aliphatic carbocycles. The van der Waals surface area contributed by atoms with Crippen molar-refractivity contribution in [1.29, 1.82) is 0 Å².